The van der Waals surface area contributed by atoms with Gasteiger partial charge in [0.1, 0.15) is 0 Å². The van der Waals surface area contributed by atoms with Crippen LogP contribution in [-0.2, 0) is 26.0 Å². The van der Waals surface area contributed by atoms with E-state index in [-0.39, 0.29) is 31.1 Å². The third-order valence-corrected chi connectivity index (χ3v) is 9.58. The molecule has 1 fully saturated rings. The molecule has 6 nitrogen and oxygen atoms in total. The molecule has 2 aromatic carbocycles. The Kier molecular flexibility index (Phi) is 7.90. The molecule has 0 radical (unpaired) electrons. The van der Waals surface area contributed by atoms with Crippen molar-refractivity contribution >= 4 is 33.3 Å². The average molecular weight is 537 g/mol. The van der Waals surface area contributed by atoms with Gasteiger partial charge in [-0.1, -0.05) is 54.6 Å². The maximum atomic E-state index is 13.9. The standard InChI is InChI=1S/C29H32N2O4S2/c1-22-8-5-6-12-25(22)29-26-14-18-36-27(26)13-16-31(29)28(32)21-30(20-24-11-7-17-35-24)37(33,34)19-15-23-9-3-2-4-10-23/h2-6,8-10,12,14-15,18-19,24,29H,7,11,13,16-17,20-21H2,1H3/b19-15+. The van der Waals surface area contributed by atoms with Crippen LogP contribution in [0.4, 0.5) is 0 Å². The van der Waals surface area contributed by atoms with Gasteiger partial charge in [-0.25, -0.2) is 8.42 Å². The number of sulfonamides is 1. The molecule has 1 saturated heterocycles. The molecular formula is C29H32N2O4S2. The van der Waals surface area contributed by atoms with Gasteiger partial charge in [-0.15, -0.1) is 11.3 Å². The Morgan fingerprint density at radius 3 is 2.65 bits per heavy atom. The first-order valence-corrected chi connectivity index (χ1v) is 15.1. The number of amides is 1. The second kappa shape index (κ2) is 11.3. The Hall–Kier alpha value is -2.78. The van der Waals surface area contributed by atoms with E-state index >= 15 is 0 Å². The maximum Gasteiger partial charge on any atom is 0.238 e. The lowest BCUT2D eigenvalue weighted by Crippen LogP contribution is -2.48. The first-order valence-electron chi connectivity index (χ1n) is 12.7. The lowest BCUT2D eigenvalue weighted by molar-refractivity contribution is -0.133. The van der Waals surface area contributed by atoms with E-state index in [1.807, 2.05) is 47.4 Å². The van der Waals surface area contributed by atoms with Crippen LogP contribution in [0.3, 0.4) is 0 Å². The summed E-state index contributed by atoms with van der Waals surface area (Å²) in [5, 5.41) is 3.28. The van der Waals surface area contributed by atoms with Crippen LogP contribution in [0.1, 0.15) is 46.0 Å². The summed E-state index contributed by atoms with van der Waals surface area (Å²) in [6.45, 7) is 3.18. The van der Waals surface area contributed by atoms with Crippen molar-refractivity contribution < 1.29 is 17.9 Å². The first-order chi connectivity index (χ1) is 17.9. The molecule has 2 atom stereocenters. The summed E-state index contributed by atoms with van der Waals surface area (Å²) in [5.41, 5.74) is 4.11. The molecule has 194 valence electrons. The predicted octanol–water partition coefficient (Wildman–Crippen LogP) is 5.01. The second-order valence-electron chi connectivity index (χ2n) is 9.58. The van der Waals surface area contributed by atoms with E-state index in [4.69, 9.17) is 4.74 Å². The van der Waals surface area contributed by atoms with Gasteiger partial charge in [0.25, 0.3) is 0 Å². The van der Waals surface area contributed by atoms with E-state index in [1.165, 1.54) is 14.6 Å². The minimum Gasteiger partial charge on any atom is -0.377 e. The van der Waals surface area contributed by atoms with Gasteiger partial charge in [-0.3, -0.25) is 4.79 Å². The number of hydrogen-bond acceptors (Lipinski definition) is 5. The van der Waals surface area contributed by atoms with Crippen LogP contribution in [-0.4, -0.2) is 55.9 Å². The number of fused-ring (bicyclic) bond motifs is 1. The fraction of sp³-hybridized carbons (Fsp3) is 0.345. The number of carbonyl (C=O) groups is 1. The summed E-state index contributed by atoms with van der Waals surface area (Å²) in [6, 6.07) is 19.3. The van der Waals surface area contributed by atoms with Crippen LogP contribution in [0, 0.1) is 6.92 Å². The van der Waals surface area contributed by atoms with Gasteiger partial charge >= 0.3 is 0 Å². The van der Waals surface area contributed by atoms with Crippen molar-refractivity contribution in [1.82, 2.24) is 9.21 Å². The Morgan fingerprint density at radius 1 is 1.11 bits per heavy atom. The number of benzene rings is 2. The molecule has 8 heteroatoms. The molecule has 0 aliphatic carbocycles. The van der Waals surface area contributed by atoms with Crippen molar-refractivity contribution in [3.05, 3.63) is 98.6 Å². The van der Waals surface area contributed by atoms with Gasteiger partial charge in [0, 0.05) is 30.0 Å². The molecule has 1 amide bonds. The lowest BCUT2D eigenvalue weighted by atomic mass is 9.90. The molecule has 2 aliphatic heterocycles. The van der Waals surface area contributed by atoms with E-state index in [9.17, 15) is 13.2 Å². The van der Waals surface area contributed by atoms with Crippen LogP contribution in [0.15, 0.2) is 71.5 Å². The molecule has 3 heterocycles. The van der Waals surface area contributed by atoms with Crippen molar-refractivity contribution in [3.8, 4) is 0 Å². The molecule has 37 heavy (non-hydrogen) atoms. The number of ether oxygens (including phenoxy) is 1. The Labute approximate surface area is 223 Å². The summed E-state index contributed by atoms with van der Waals surface area (Å²) in [6.07, 6.45) is 3.83. The zero-order valence-corrected chi connectivity index (χ0v) is 22.6. The highest BCUT2D eigenvalue weighted by Crippen LogP contribution is 2.39. The minimum atomic E-state index is -3.85. The SMILES string of the molecule is Cc1ccccc1C1c2ccsc2CCN1C(=O)CN(CC1CCCO1)S(=O)(=O)/C=C/c1ccccc1. The fourth-order valence-corrected chi connectivity index (χ4v) is 7.21. The zero-order chi connectivity index (χ0) is 25.8. The monoisotopic (exact) mass is 536 g/mol. The Morgan fingerprint density at radius 2 is 1.89 bits per heavy atom. The van der Waals surface area contributed by atoms with E-state index < -0.39 is 10.0 Å². The smallest absolute Gasteiger partial charge is 0.238 e. The van der Waals surface area contributed by atoms with Crippen molar-refractivity contribution in [2.45, 2.75) is 38.3 Å². The number of hydrogen-bond donors (Lipinski definition) is 0. The summed E-state index contributed by atoms with van der Waals surface area (Å²) < 4.78 is 34.0. The largest absolute Gasteiger partial charge is 0.377 e. The van der Waals surface area contributed by atoms with Crippen LogP contribution < -0.4 is 0 Å². The average Bonchev–Trinajstić information content (AvgIpc) is 3.60. The Balaban J connectivity index is 1.43. The van der Waals surface area contributed by atoms with Gasteiger partial charge < -0.3 is 9.64 Å². The summed E-state index contributed by atoms with van der Waals surface area (Å²) in [7, 11) is -3.85. The van der Waals surface area contributed by atoms with Gasteiger partial charge in [0.2, 0.25) is 15.9 Å². The highest BCUT2D eigenvalue weighted by molar-refractivity contribution is 7.92. The van der Waals surface area contributed by atoms with E-state index in [2.05, 4.69) is 30.5 Å². The molecule has 0 saturated carbocycles. The van der Waals surface area contributed by atoms with Crippen molar-refractivity contribution in [2.75, 3.05) is 26.2 Å². The van der Waals surface area contributed by atoms with Gasteiger partial charge in [-0.2, -0.15) is 4.31 Å². The van der Waals surface area contributed by atoms with Crippen molar-refractivity contribution in [2.24, 2.45) is 0 Å². The topological polar surface area (TPSA) is 66.9 Å². The third kappa shape index (κ3) is 5.88. The van der Waals surface area contributed by atoms with E-state index in [0.29, 0.717) is 13.2 Å². The molecular weight excluding hydrogens is 504 g/mol. The van der Waals surface area contributed by atoms with Gasteiger partial charge in [0.15, 0.2) is 0 Å². The fourth-order valence-electron chi connectivity index (χ4n) is 5.14. The molecule has 1 aromatic heterocycles. The van der Waals surface area contributed by atoms with Crippen LogP contribution >= 0.6 is 11.3 Å². The zero-order valence-electron chi connectivity index (χ0n) is 21.0. The summed E-state index contributed by atoms with van der Waals surface area (Å²) >= 11 is 1.72. The quantitative estimate of drug-likeness (QED) is 0.406. The molecule has 2 aliphatic rings. The number of carbonyl (C=O) groups excluding carboxylic acids is 1. The maximum absolute atomic E-state index is 13.9. The highest BCUT2D eigenvalue weighted by atomic mass is 32.2. The van der Waals surface area contributed by atoms with E-state index in [1.54, 1.807) is 17.4 Å². The number of aryl methyl sites for hydroxylation is 1. The van der Waals surface area contributed by atoms with Crippen LogP contribution in [0.2, 0.25) is 0 Å². The third-order valence-electron chi connectivity index (χ3n) is 7.10. The van der Waals surface area contributed by atoms with Crippen LogP contribution in [0.25, 0.3) is 6.08 Å². The summed E-state index contributed by atoms with van der Waals surface area (Å²) in [5.74, 6) is -0.195. The molecule has 0 N–H and O–H groups in total. The number of rotatable bonds is 8. The van der Waals surface area contributed by atoms with Crippen molar-refractivity contribution in [3.63, 3.8) is 0 Å². The minimum absolute atomic E-state index is 0.166. The summed E-state index contributed by atoms with van der Waals surface area (Å²) in [4.78, 5) is 17.0. The molecule has 2 unspecified atom stereocenters. The second-order valence-corrected chi connectivity index (χ2v) is 12.4. The molecule has 5 rings (SSSR count). The lowest BCUT2D eigenvalue weighted by Gasteiger charge is -2.38. The number of nitrogens with zero attached hydrogens (tertiary/aromatic N) is 2. The van der Waals surface area contributed by atoms with E-state index in [0.717, 1.165) is 41.5 Å². The predicted molar refractivity (Wildman–Crippen MR) is 148 cm³/mol. The first kappa shape index (κ1) is 25.9. The van der Waals surface area contributed by atoms with Crippen LogP contribution in [0.5, 0.6) is 0 Å². The molecule has 0 bridgehead atoms. The normalized spacial score (nSPS) is 20.0. The van der Waals surface area contributed by atoms with Gasteiger partial charge in [-0.05, 0) is 66.0 Å². The highest BCUT2D eigenvalue weighted by Gasteiger charge is 2.36. The number of thiophene rings is 1. The van der Waals surface area contributed by atoms with Gasteiger partial charge in [0.05, 0.1) is 18.7 Å². The molecule has 3 aromatic rings. The Bertz CT molecular complexity index is 1360. The van der Waals surface area contributed by atoms with Crippen molar-refractivity contribution in [1.29, 1.82) is 0 Å². The molecule has 0 spiro atoms.